The minimum Gasteiger partial charge on any atom is -0.309 e. The number of hydrogen-bond donors (Lipinski definition) is 0. The number of para-hydroxylation sites is 3. The molecule has 12 rings (SSSR count). The van der Waals surface area contributed by atoms with Gasteiger partial charge in [-0.1, -0.05) is 140 Å². The molecule has 1 atom stereocenters. The maximum Gasteiger partial charge on any atom is 0.263 e. The predicted octanol–water partition coefficient (Wildman–Crippen LogP) is 11.6. The van der Waals surface area contributed by atoms with Crippen LogP contribution in [-0.2, 0) is 5.41 Å². The van der Waals surface area contributed by atoms with Crippen LogP contribution in [0.25, 0.3) is 77.1 Å². The molecule has 3 nitrogen and oxygen atoms in total. The highest BCUT2D eigenvalue weighted by molar-refractivity contribution is 6.14. The zero-order valence-corrected chi connectivity index (χ0v) is 28.6. The van der Waals surface area contributed by atoms with E-state index in [-0.39, 0.29) is 5.56 Å². The fourth-order valence-corrected chi connectivity index (χ4v) is 9.79. The molecule has 2 aliphatic rings. The number of hydrogen-bond acceptors (Lipinski definition) is 1. The summed E-state index contributed by atoms with van der Waals surface area (Å²) in [6.45, 7) is 0. The van der Waals surface area contributed by atoms with E-state index >= 15 is 4.79 Å². The molecule has 0 N–H and O–H groups in total. The average molecular weight is 675 g/mol. The number of benzene rings is 8. The minimum atomic E-state index is -0.765. The fourth-order valence-electron chi connectivity index (χ4n) is 9.79. The smallest absolute Gasteiger partial charge is 0.263 e. The van der Waals surface area contributed by atoms with Gasteiger partial charge >= 0.3 is 0 Å². The molecule has 1 unspecified atom stereocenters. The van der Waals surface area contributed by atoms with Crippen molar-refractivity contribution in [1.82, 2.24) is 9.13 Å². The number of pyridine rings is 1. The molecule has 1 spiro atoms. The molecule has 2 aromatic heterocycles. The SMILES string of the molecule is O=c1c2ccccc2c2cc(-c3ccccc3)cc3c2n1-c1ccc(-c2ccccc2)cc1C31c2ccccc2-n2c3ccccc3c3cccc1c32. The van der Waals surface area contributed by atoms with Gasteiger partial charge in [0.1, 0.15) is 0 Å². The van der Waals surface area contributed by atoms with Gasteiger partial charge in [0.25, 0.3) is 5.56 Å². The Balaban J connectivity index is 1.38. The van der Waals surface area contributed by atoms with Crippen LogP contribution in [0, 0.1) is 0 Å². The van der Waals surface area contributed by atoms with Crippen molar-refractivity contribution in [2.75, 3.05) is 0 Å². The minimum absolute atomic E-state index is 0.00166. The van der Waals surface area contributed by atoms with E-state index in [1.165, 1.54) is 32.9 Å². The first-order valence-corrected chi connectivity index (χ1v) is 18.2. The van der Waals surface area contributed by atoms with Crippen molar-refractivity contribution in [3.05, 3.63) is 215 Å². The molecular formula is C50H30N2O. The Labute approximate surface area is 305 Å². The highest BCUT2D eigenvalue weighted by atomic mass is 16.1. The normalized spacial score (nSPS) is 15.3. The van der Waals surface area contributed by atoms with Gasteiger partial charge in [-0.15, -0.1) is 0 Å². The van der Waals surface area contributed by atoms with Gasteiger partial charge in [0.05, 0.1) is 33.3 Å². The molecule has 0 bridgehead atoms. The van der Waals surface area contributed by atoms with Crippen molar-refractivity contribution in [2.24, 2.45) is 0 Å². The van der Waals surface area contributed by atoms with E-state index in [0.717, 1.165) is 66.4 Å². The van der Waals surface area contributed by atoms with Crippen molar-refractivity contribution in [1.29, 1.82) is 0 Å². The van der Waals surface area contributed by atoms with Gasteiger partial charge in [-0.2, -0.15) is 0 Å². The van der Waals surface area contributed by atoms with E-state index in [9.17, 15) is 0 Å². The topological polar surface area (TPSA) is 26.9 Å². The maximum absolute atomic E-state index is 15.0. The Hall–Kier alpha value is -6.97. The highest BCUT2D eigenvalue weighted by Gasteiger charge is 2.50. The van der Waals surface area contributed by atoms with Crippen LogP contribution in [0.2, 0.25) is 0 Å². The molecule has 3 heteroatoms. The highest BCUT2D eigenvalue weighted by Crippen LogP contribution is 2.59. The molecule has 4 heterocycles. The van der Waals surface area contributed by atoms with Gasteiger partial charge in [0.2, 0.25) is 0 Å². The van der Waals surface area contributed by atoms with E-state index in [0.29, 0.717) is 0 Å². The van der Waals surface area contributed by atoms with Crippen molar-refractivity contribution in [3.63, 3.8) is 0 Å². The Morgan fingerprint density at radius 3 is 1.74 bits per heavy atom. The third-order valence-electron chi connectivity index (χ3n) is 11.9. The lowest BCUT2D eigenvalue weighted by Gasteiger charge is -2.46. The maximum atomic E-state index is 15.0. The first kappa shape index (κ1) is 28.7. The molecule has 53 heavy (non-hydrogen) atoms. The third-order valence-corrected chi connectivity index (χ3v) is 11.9. The van der Waals surface area contributed by atoms with Crippen molar-refractivity contribution >= 4 is 43.5 Å². The lowest BCUT2D eigenvalue weighted by Crippen LogP contribution is -2.41. The molecular weight excluding hydrogens is 645 g/mol. The van der Waals surface area contributed by atoms with Crippen LogP contribution in [-0.4, -0.2) is 9.13 Å². The Kier molecular flexibility index (Phi) is 5.58. The van der Waals surface area contributed by atoms with E-state index < -0.39 is 5.41 Å². The Morgan fingerprint density at radius 2 is 0.925 bits per heavy atom. The zero-order valence-electron chi connectivity index (χ0n) is 28.6. The van der Waals surface area contributed by atoms with Gasteiger partial charge in [0.15, 0.2) is 0 Å². The fraction of sp³-hybridized carbons (Fsp3) is 0.0200. The predicted molar refractivity (Wildman–Crippen MR) is 218 cm³/mol. The summed E-state index contributed by atoms with van der Waals surface area (Å²) in [4.78, 5) is 15.0. The first-order valence-electron chi connectivity index (χ1n) is 18.2. The van der Waals surface area contributed by atoms with E-state index in [4.69, 9.17) is 0 Å². The summed E-state index contributed by atoms with van der Waals surface area (Å²) in [6, 6.07) is 65.4. The van der Waals surface area contributed by atoms with Crippen LogP contribution >= 0.6 is 0 Å². The zero-order chi connectivity index (χ0) is 34.8. The van der Waals surface area contributed by atoms with Crippen LogP contribution in [0.15, 0.2) is 187 Å². The second-order valence-electron chi connectivity index (χ2n) is 14.4. The molecule has 246 valence electrons. The molecule has 0 saturated heterocycles. The molecule has 0 amide bonds. The summed E-state index contributed by atoms with van der Waals surface area (Å²) in [6.07, 6.45) is 0. The number of fused-ring (bicyclic) bond motifs is 13. The van der Waals surface area contributed by atoms with Gasteiger partial charge in [0, 0.05) is 21.5 Å². The molecule has 2 aliphatic heterocycles. The first-order chi connectivity index (χ1) is 26.2. The molecule has 0 aliphatic carbocycles. The van der Waals surface area contributed by atoms with Crippen LogP contribution < -0.4 is 5.56 Å². The van der Waals surface area contributed by atoms with Gasteiger partial charge in [-0.05, 0) is 92.4 Å². The number of nitrogens with zero attached hydrogens (tertiary/aromatic N) is 2. The van der Waals surface area contributed by atoms with Crippen LogP contribution in [0.5, 0.6) is 0 Å². The molecule has 0 saturated carbocycles. The third kappa shape index (κ3) is 3.56. The van der Waals surface area contributed by atoms with Crippen LogP contribution in [0.4, 0.5) is 0 Å². The summed E-state index contributed by atoms with van der Waals surface area (Å²) in [5.74, 6) is 0. The summed E-state index contributed by atoms with van der Waals surface area (Å²) in [5.41, 5.74) is 13.8. The molecule has 0 radical (unpaired) electrons. The van der Waals surface area contributed by atoms with Crippen LogP contribution in [0.1, 0.15) is 22.3 Å². The summed E-state index contributed by atoms with van der Waals surface area (Å²) >= 11 is 0. The summed E-state index contributed by atoms with van der Waals surface area (Å²) in [7, 11) is 0. The van der Waals surface area contributed by atoms with Gasteiger partial charge in [-0.3, -0.25) is 9.36 Å². The van der Waals surface area contributed by atoms with E-state index in [2.05, 4.69) is 174 Å². The Bertz CT molecular complexity index is 3240. The molecule has 10 aromatic rings. The quantitative estimate of drug-likeness (QED) is 0.168. The van der Waals surface area contributed by atoms with Crippen molar-refractivity contribution in [2.45, 2.75) is 5.41 Å². The standard InChI is InChI=1S/C50H30N2O/c53-49-38-20-8-7-18-35(38)39-28-34(32-16-5-2-6-17-32)30-43-48(39)52(49)46-27-26-33(31-14-3-1-4-15-31)29-42(46)50(43)40-22-10-12-25-45(40)51-44-24-11-9-19-36(44)37-21-13-23-41(50)47(37)51/h1-30H. The number of aromatic nitrogens is 2. The summed E-state index contributed by atoms with van der Waals surface area (Å²) < 4.78 is 4.49. The lowest BCUT2D eigenvalue weighted by atomic mass is 9.60. The largest absolute Gasteiger partial charge is 0.309 e. The van der Waals surface area contributed by atoms with E-state index in [1.807, 2.05) is 16.7 Å². The number of rotatable bonds is 2. The Morgan fingerprint density at radius 1 is 0.340 bits per heavy atom. The van der Waals surface area contributed by atoms with Crippen molar-refractivity contribution in [3.8, 4) is 33.6 Å². The summed E-state index contributed by atoms with van der Waals surface area (Å²) in [5, 5.41) is 5.22. The lowest BCUT2D eigenvalue weighted by molar-refractivity contribution is 0.707. The monoisotopic (exact) mass is 674 g/mol. The van der Waals surface area contributed by atoms with Crippen molar-refractivity contribution < 1.29 is 0 Å². The van der Waals surface area contributed by atoms with Gasteiger partial charge in [-0.25, -0.2) is 0 Å². The van der Waals surface area contributed by atoms with Crippen LogP contribution in [0.3, 0.4) is 0 Å². The van der Waals surface area contributed by atoms with E-state index in [1.54, 1.807) is 0 Å². The average Bonchev–Trinajstić information content (AvgIpc) is 3.57. The molecule has 0 fully saturated rings. The molecule has 8 aromatic carbocycles. The van der Waals surface area contributed by atoms with Gasteiger partial charge < -0.3 is 4.57 Å². The second kappa shape index (κ2) is 10.3. The second-order valence-corrected chi connectivity index (χ2v) is 14.4.